The molecule has 1 fully saturated rings. The molecule has 0 spiro atoms. The Labute approximate surface area is 158 Å². The molecule has 6 heteroatoms. The lowest BCUT2D eigenvalue weighted by Crippen LogP contribution is -3.15. The van der Waals surface area contributed by atoms with E-state index in [-0.39, 0.29) is 11.7 Å². The van der Waals surface area contributed by atoms with Gasteiger partial charge in [-0.1, -0.05) is 35.9 Å². The predicted molar refractivity (Wildman–Crippen MR) is 104 cm³/mol. The van der Waals surface area contributed by atoms with Gasteiger partial charge in [0.2, 0.25) is 0 Å². The Morgan fingerprint density at radius 2 is 1.85 bits per heavy atom. The maximum absolute atomic E-state index is 12.3. The van der Waals surface area contributed by atoms with Gasteiger partial charge in [0.1, 0.15) is 0 Å². The van der Waals surface area contributed by atoms with Gasteiger partial charge in [0.05, 0.1) is 36.9 Å². The van der Waals surface area contributed by atoms with Crippen molar-refractivity contribution >= 4 is 34.7 Å². The van der Waals surface area contributed by atoms with Crippen LogP contribution in [0.25, 0.3) is 0 Å². The average Bonchev–Trinajstić information content (AvgIpc) is 2.63. The van der Waals surface area contributed by atoms with Crippen molar-refractivity contribution < 1.29 is 14.5 Å². The first kappa shape index (κ1) is 18.4. The molecular formula is C20H23ClN3O2+. The lowest BCUT2D eigenvalue weighted by atomic mass is 10.1. The molecular weight excluding hydrogens is 350 g/mol. The van der Waals surface area contributed by atoms with Crippen molar-refractivity contribution in [2.24, 2.45) is 0 Å². The molecule has 0 atom stereocenters. The molecule has 136 valence electrons. The van der Waals surface area contributed by atoms with Crippen LogP contribution in [0.15, 0.2) is 48.5 Å². The first-order chi connectivity index (χ1) is 12.5. The number of carbonyl (C=O) groups is 2. The van der Waals surface area contributed by atoms with Crippen molar-refractivity contribution in [1.29, 1.82) is 0 Å². The molecule has 2 N–H and O–H groups in total. The van der Waals surface area contributed by atoms with E-state index in [4.69, 9.17) is 11.6 Å². The second-order valence-corrected chi connectivity index (χ2v) is 6.96. The fourth-order valence-corrected chi connectivity index (χ4v) is 3.45. The summed E-state index contributed by atoms with van der Waals surface area (Å²) in [6.45, 7) is 5.43. The standard InChI is InChI=1S/C20H22ClN3O2/c1-15(25)16-5-4-6-17(13-16)22-20(26)14-23-9-11-24(12-10-23)19-8-3-2-7-18(19)21/h2-8,13H,9-12,14H2,1H3,(H,22,26)/p+1. The highest BCUT2D eigenvalue weighted by atomic mass is 35.5. The van der Waals surface area contributed by atoms with Gasteiger partial charge in [-0.05, 0) is 31.2 Å². The Morgan fingerprint density at radius 1 is 1.12 bits per heavy atom. The minimum Gasteiger partial charge on any atom is -0.359 e. The highest BCUT2D eigenvalue weighted by Gasteiger charge is 2.23. The van der Waals surface area contributed by atoms with Crippen LogP contribution >= 0.6 is 11.6 Å². The van der Waals surface area contributed by atoms with Crippen molar-refractivity contribution in [1.82, 2.24) is 0 Å². The number of hydrogen-bond acceptors (Lipinski definition) is 3. The van der Waals surface area contributed by atoms with E-state index in [0.29, 0.717) is 17.8 Å². The Kier molecular flexibility index (Phi) is 5.91. The average molecular weight is 373 g/mol. The number of benzene rings is 2. The van der Waals surface area contributed by atoms with Crippen LogP contribution in [0.2, 0.25) is 5.02 Å². The van der Waals surface area contributed by atoms with Crippen molar-refractivity contribution in [3.8, 4) is 0 Å². The highest BCUT2D eigenvalue weighted by Crippen LogP contribution is 2.24. The van der Waals surface area contributed by atoms with Crippen molar-refractivity contribution in [2.45, 2.75) is 6.92 Å². The van der Waals surface area contributed by atoms with E-state index < -0.39 is 0 Å². The van der Waals surface area contributed by atoms with E-state index >= 15 is 0 Å². The number of carbonyl (C=O) groups excluding carboxylic acids is 2. The van der Waals surface area contributed by atoms with E-state index in [1.807, 2.05) is 24.3 Å². The van der Waals surface area contributed by atoms with Crippen molar-refractivity contribution in [2.75, 3.05) is 42.9 Å². The topological polar surface area (TPSA) is 53.9 Å². The fourth-order valence-electron chi connectivity index (χ4n) is 3.20. The Hall–Kier alpha value is -2.37. The third kappa shape index (κ3) is 4.62. The number of piperazine rings is 1. The van der Waals surface area contributed by atoms with Crippen LogP contribution < -0.4 is 15.1 Å². The summed E-state index contributed by atoms with van der Waals surface area (Å²) in [5, 5.41) is 3.65. The summed E-state index contributed by atoms with van der Waals surface area (Å²) in [6.07, 6.45) is 0. The molecule has 0 bridgehead atoms. The first-order valence-electron chi connectivity index (χ1n) is 8.77. The van der Waals surface area contributed by atoms with Crippen molar-refractivity contribution in [3.63, 3.8) is 0 Å². The lowest BCUT2D eigenvalue weighted by Gasteiger charge is -2.33. The molecule has 1 heterocycles. The van der Waals surface area contributed by atoms with Crippen LogP contribution in [0, 0.1) is 0 Å². The molecule has 5 nitrogen and oxygen atoms in total. The van der Waals surface area contributed by atoms with E-state index in [9.17, 15) is 9.59 Å². The summed E-state index contributed by atoms with van der Waals surface area (Å²) in [4.78, 5) is 27.3. The predicted octanol–water partition coefficient (Wildman–Crippen LogP) is 1.89. The van der Waals surface area contributed by atoms with Gasteiger partial charge in [0, 0.05) is 11.3 Å². The van der Waals surface area contributed by atoms with Crippen LogP contribution in [0.5, 0.6) is 0 Å². The zero-order valence-corrected chi connectivity index (χ0v) is 15.6. The van der Waals surface area contributed by atoms with Crippen LogP contribution in [-0.4, -0.2) is 44.4 Å². The summed E-state index contributed by atoms with van der Waals surface area (Å²) in [7, 11) is 0. The van der Waals surface area contributed by atoms with Gasteiger partial charge in [0.25, 0.3) is 5.91 Å². The van der Waals surface area contributed by atoms with E-state index in [1.54, 1.807) is 24.3 Å². The Balaban J connectivity index is 1.51. The van der Waals surface area contributed by atoms with Crippen LogP contribution in [0.3, 0.4) is 0 Å². The summed E-state index contributed by atoms with van der Waals surface area (Å²) < 4.78 is 0. The Morgan fingerprint density at radius 3 is 2.54 bits per heavy atom. The van der Waals surface area contributed by atoms with Gasteiger partial charge in [-0.15, -0.1) is 0 Å². The highest BCUT2D eigenvalue weighted by molar-refractivity contribution is 6.33. The molecule has 0 aromatic heterocycles. The van der Waals surface area contributed by atoms with E-state index in [1.165, 1.54) is 11.8 Å². The maximum atomic E-state index is 12.3. The van der Waals surface area contributed by atoms with Gasteiger partial charge < -0.3 is 15.1 Å². The van der Waals surface area contributed by atoms with Gasteiger partial charge >= 0.3 is 0 Å². The minimum absolute atomic E-state index is 0.0116. The van der Waals surface area contributed by atoms with Gasteiger partial charge in [-0.2, -0.15) is 0 Å². The molecule has 3 rings (SSSR count). The van der Waals surface area contributed by atoms with Gasteiger partial charge in [0.15, 0.2) is 12.3 Å². The van der Waals surface area contributed by atoms with Crippen LogP contribution in [-0.2, 0) is 4.79 Å². The number of nitrogens with zero attached hydrogens (tertiary/aromatic N) is 1. The number of rotatable bonds is 5. The molecule has 2 aromatic carbocycles. The van der Waals surface area contributed by atoms with Crippen LogP contribution in [0.4, 0.5) is 11.4 Å². The fraction of sp³-hybridized carbons (Fsp3) is 0.300. The zero-order chi connectivity index (χ0) is 18.5. The Bertz CT molecular complexity index is 801. The minimum atomic E-state index is -0.0353. The van der Waals surface area contributed by atoms with Crippen molar-refractivity contribution in [3.05, 3.63) is 59.1 Å². The monoisotopic (exact) mass is 372 g/mol. The van der Waals surface area contributed by atoms with Gasteiger partial charge in [-0.25, -0.2) is 0 Å². The number of nitrogens with one attached hydrogen (secondary N) is 2. The molecule has 1 saturated heterocycles. The largest absolute Gasteiger partial charge is 0.359 e. The third-order valence-corrected chi connectivity index (χ3v) is 4.95. The lowest BCUT2D eigenvalue weighted by molar-refractivity contribution is -0.892. The second kappa shape index (κ2) is 8.34. The number of amides is 1. The zero-order valence-electron chi connectivity index (χ0n) is 14.8. The molecule has 0 radical (unpaired) electrons. The normalized spacial score (nSPS) is 14.9. The maximum Gasteiger partial charge on any atom is 0.279 e. The molecule has 0 saturated carbocycles. The number of para-hydroxylation sites is 1. The quantitative estimate of drug-likeness (QED) is 0.788. The SMILES string of the molecule is CC(=O)c1cccc(NC(=O)C[NH+]2CCN(c3ccccc3Cl)CC2)c1. The molecule has 0 aliphatic carbocycles. The van der Waals surface area contributed by atoms with Crippen LogP contribution in [0.1, 0.15) is 17.3 Å². The third-order valence-electron chi connectivity index (χ3n) is 4.63. The number of Topliss-reactive ketones (excluding diaryl/α,β-unsaturated/α-hetero) is 1. The summed E-state index contributed by atoms with van der Waals surface area (Å²) in [5.74, 6) is -0.0469. The molecule has 1 amide bonds. The molecule has 0 unspecified atom stereocenters. The van der Waals surface area contributed by atoms with E-state index in [0.717, 1.165) is 36.9 Å². The smallest absolute Gasteiger partial charge is 0.279 e. The molecule has 2 aromatic rings. The first-order valence-corrected chi connectivity index (χ1v) is 9.14. The number of quaternary nitrogens is 1. The number of anilines is 2. The van der Waals surface area contributed by atoms with E-state index in [2.05, 4.69) is 10.2 Å². The summed E-state index contributed by atoms with van der Waals surface area (Å²) >= 11 is 6.27. The second-order valence-electron chi connectivity index (χ2n) is 6.55. The summed E-state index contributed by atoms with van der Waals surface area (Å²) in [5.41, 5.74) is 2.32. The number of ketones is 1. The molecule has 1 aliphatic rings. The molecule has 26 heavy (non-hydrogen) atoms. The number of halogens is 1. The van der Waals surface area contributed by atoms with Gasteiger partial charge in [-0.3, -0.25) is 9.59 Å². The molecule has 1 aliphatic heterocycles. The number of hydrogen-bond donors (Lipinski definition) is 2. The summed E-state index contributed by atoms with van der Waals surface area (Å²) in [6, 6.07) is 14.9.